The van der Waals surface area contributed by atoms with Crippen LogP contribution in [0.1, 0.15) is 12.8 Å². The normalized spacial score (nSPS) is 25.9. The lowest BCUT2D eigenvalue weighted by Gasteiger charge is -2.22. The van der Waals surface area contributed by atoms with Crippen LogP contribution in [0.25, 0.3) is 0 Å². The van der Waals surface area contributed by atoms with Gasteiger partial charge in [0, 0.05) is 17.6 Å². The molecule has 0 aliphatic carbocycles. The zero-order chi connectivity index (χ0) is 10.0. The van der Waals surface area contributed by atoms with Crippen molar-refractivity contribution in [2.45, 2.75) is 18.9 Å². The fourth-order valence-corrected chi connectivity index (χ4v) is 3.70. The maximum atomic E-state index is 11.3. The molecule has 0 saturated carbocycles. The number of anilines is 1. The molecule has 0 amide bonds. The molecule has 1 unspecified atom stereocenters. The first-order valence-corrected chi connectivity index (χ1v) is 6.99. The van der Waals surface area contributed by atoms with E-state index in [4.69, 9.17) is 0 Å². The molecule has 1 aromatic rings. The maximum absolute atomic E-state index is 11.3. The van der Waals surface area contributed by atoms with Crippen molar-refractivity contribution in [1.29, 1.82) is 0 Å². The molecule has 0 spiro atoms. The molecule has 1 saturated heterocycles. The van der Waals surface area contributed by atoms with Crippen LogP contribution in [0.3, 0.4) is 0 Å². The highest BCUT2D eigenvalue weighted by molar-refractivity contribution is 7.91. The van der Waals surface area contributed by atoms with E-state index in [1.54, 1.807) is 6.20 Å². The molecule has 1 aliphatic rings. The third kappa shape index (κ3) is 2.42. The molecule has 1 fully saturated rings. The van der Waals surface area contributed by atoms with Crippen molar-refractivity contribution in [3.63, 3.8) is 0 Å². The Hall–Kier alpha value is -0.690. The third-order valence-corrected chi connectivity index (χ3v) is 4.59. The van der Waals surface area contributed by atoms with Crippen molar-refractivity contribution in [1.82, 2.24) is 9.59 Å². The molecule has 7 heteroatoms. The van der Waals surface area contributed by atoms with E-state index in [0.29, 0.717) is 5.75 Å². The highest BCUT2D eigenvalue weighted by Gasteiger charge is 2.24. The van der Waals surface area contributed by atoms with Crippen LogP contribution >= 0.6 is 11.5 Å². The van der Waals surface area contributed by atoms with Gasteiger partial charge in [-0.2, -0.15) is 0 Å². The summed E-state index contributed by atoms with van der Waals surface area (Å²) in [5, 5.41) is 7.65. The van der Waals surface area contributed by atoms with Gasteiger partial charge in [0.2, 0.25) is 0 Å². The number of hydrogen-bond donors (Lipinski definition) is 1. The van der Waals surface area contributed by atoms with E-state index in [0.717, 1.165) is 17.8 Å². The van der Waals surface area contributed by atoms with E-state index in [2.05, 4.69) is 14.9 Å². The molecule has 1 aliphatic heterocycles. The van der Waals surface area contributed by atoms with E-state index in [-0.39, 0.29) is 11.8 Å². The quantitative estimate of drug-likeness (QED) is 0.806. The van der Waals surface area contributed by atoms with Crippen LogP contribution in [0.15, 0.2) is 6.20 Å². The fourth-order valence-electron chi connectivity index (χ4n) is 1.57. The van der Waals surface area contributed by atoms with Crippen molar-refractivity contribution < 1.29 is 8.42 Å². The van der Waals surface area contributed by atoms with Gasteiger partial charge in [-0.15, -0.1) is 5.10 Å². The monoisotopic (exact) mass is 233 g/mol. The van der Waals surface area contributed by atoms with E-state index in [9.17, 15) is 8.42 Å². The second-order valence-corrected chi connectivity index (χ2v) is 6.39. The van der Waals surface area contributed by atoms with Crippen LogP contribution in [0.4, 0.5) is 5.00 Å². The summed E-state index contributed by atoms with van der Waals surface area (Å²) < 4.78 is 26.3. The van der Waals surface area contributed by atoms with Crippen LogP contribution in [0, 0.1) is 0 Å². The minimum atomic E-state index is -2.83. The van der Waals surface area contributed by atoms with Gasteiger partial charge in [-0.3, -0.25) is 0 Å². The van der Waals surface area contributed by atoms with Crippen molar-refractivity contribution in [2.75, 3.05) is 16.8 Å². The zero-order valence-corrected chi connectivity index (χ0v) is 9.14. The first-order chi connectivity index (χ1) is 6.66. The third-order valence-electron chi connectivity index (χ3n) is 2.17. The molecule has 0 radical (unpaired) electrons. The minimum absolute atomic E-state index is 0.0241. The lowest BCUT2D eigenvalue weighted by atomic mass is 10.2. The second-order valence-electron chi connectivity index (χ2n) is 3.38. The average molecular weight is 233 g/mol. The fraction of sp³-hybridized carbons (Fsp3) is 0.714. The SMILES string of the molecule is O=S1(=O)CCCC(Nc2cnns2)C1. The van der Waals surface area contributed by atoms with Gasteiger partial charge in [0.05, 0.1) is 17.7 Å². The van der Waals surface area contributed by atoms with Crippen molar-refractivity contribution >= 4 is 26.4 Å². The number of sulfone groups is 1. The Morgan fingerprint density at radius 2 is 2.43 bits per heavy atom. The first kappa shape index (κ1) is 9.85. The van der Waals surface area contributed by atoms with Crippen LogP contribution in [-0.2, 0) is 9.84 Å². The molecule has 14 heavy (non-hydrogen) atoms. The molecular formula is C7H11N3O2S2. The summed E-state index contributed by atoms with van der Waals surface area (Å²) in [6.45, 7) is 0. The van der Waals surface area contributed by atoms with Crippen molar-refractivity contribution in [3.05, 3.63) is 6.20 Å². The maximum Gasteiger partial charge on any atom is 0.152 e. The summed E-state index contributed by atoms with van der Waals surface area (Å²) in [5.74, 6) is 0.553. The van der Waals surface area contributed by atoms with Crippen LogP contribution in [0.2, 0.25) is 0 Å². The summed E-state index contributed by atoms with van der Waals surface area (Å²) in [6, 6.07) is 0.0241. The van der Waals surface area contributed by atoms with Crippen LogP contribution < -0.4 is 5.32 Å². The smallest absolute Gasteiger partial charge is 0.152 e. The van der Waals surface area contributed by atoms with E-state index >= 15 is 0 Å². The number of aromatic nitrogens is 2. The van der Waals surface area contributed by atoms with Crippen molar-refractivity contribution in [3.8, 4) is 0 Å². The lowest BCUT2D eigenvalue weighted by molar-refractivity contribution is 0.562. The molecule has 1 aromatic heterocycles. The Bertz CT molecular complexity index is 387. The molecule has 0 aromatic carbocycles. The van der Waals surface area contributed by atoms with Gasteiger partial charge in [0.1, 0.15) is 5.00 Å². The Morgan fingerprint density at radius 3 is 3.07 bits per heavy atom. The number of rotatable bonds is 2. The predicted molar refractivity (Wildman–Crippen MR) is 55.2 cm³/mol. The van der Waals surface area contributed by atoms with Crippen LogP contribution in [-0.4, -0.2) is 35.6 Å². The molecule has 1 atom stereocenters. The number of nitrogens with one attached hydrogen (secondary N) is 1. The minimum Gasteiger partial charge on any atom is -0.371 e. The van der Waals surface area contributed by atoms with Crippen LogP contribution in [0.5, 0.6) is 0 Å². The number of nitrogens with zero attached hydrogens (tertiary/aromatic N) is 2. The molecule has 2 rings (SSSR count). The van der Waals surface area contributed by atoms with Gasteiger partial charge in [-0.25, -0.2) is 8.42 Å². The zero-order valence-electron chi connectivity index (χ0n) is 7.51. The number of hydrogen-bond acceptors (Lipinski definition) is 6. The predicted octanol–water partition coefficient (Wildman–Crippen LogP) is 0.527. The summed E-state index contributed by atoms with van der Waals surface area (Å²) in [7, 11) is -2.83. The molecule has 1 N–H and O–H groups in total. The van der Waals surface area contributed by atoms with Gasteiger partial charge < -0.3 is 5.32 Å². The Kier molecular flexibility index (Phi) is 2.69. The van der Waals surface area contributed by atoms with Gasteiger partial charge in [0.25, 0.3) is 0 Å². The topological polar surface area (TPSA) is 72.0 Å². The lowest BCUT2D eigenvalue weighted by Crippen LogP contribution is -2.34. The molecule has 2 heterocycles. The highest BCUT2D eigenvalue weighted by Crippen LogP contribution is 2.18. The molecule has 0 bridgehead atoms. The Labute approximate surface area is 86.6 Å². The van der Waals surface area contributed by atoms with Crippen molar-refractivity contribution in [2.24, 2.45) is 0 Å². The summed E-state index contributed by atoms with van der Waals surface area (Å²) >= 11 is 1.25. The van der Waals surface area contributed by atoms with Gasteiger partial charge in [-0.1, -0.05) is 4.49 Å². The van der Waals surface area contributed by atoms with E-state index in [1.165, 1.54) is 11.5 Å². The average Bonchev–Trinajstić information content (AvgIpc) is 2.54. The molecule has 78 valence electrons. The van der Waals surface area contributed by atoms with Gasteiger partial charge in [-0.05, 0) is 12.8 Å². The van der Waals surface area contributed by atoms with E-state index in [1.807, 2.05) is 0 Å². The molecule has 5 nitrogen and oxygen atoms in total. The molecular weight excluding hydrogens is 222 g/mol. The first-order valence-electron chi connectivity index (χ1n) is 4.40. The van der Waals surface area contributed by atoms with E-state index < -0.39 is 9.84 Å². The Morgan fingerprint density at radius 1 is 1.57 bits per heavy atom. The van der Waals surface area contributed by atoms with Gasteiger partial charge >= 0.3 is 0 Å². The highest BCUT2D eigenvalue weighted by atomic mass is 32.2. The standard InChI is InChI=1S/C7H11N3O2S2/c11-14(12)3-1-2-6(5-14)9-7-4-8-10-13-7/h4,6,9H,1-3,5H2. The largest absolute Gasteiger partial charge is 0.371 e. The summed E-state index contributed by atoms with van der Waals surface area (Å²) in [5.41, 5.74) is 0. The Balaban J connectivity index is 1.99. The summed E-state index contributed by atoms with van der Waals surface area (Å²) in [6.07, 6.45) is 3.26. The summed E-state index contributed by atoms with van der Waals surface area (Å²) in [4.78, 5) is 0. The second kappa shape index (κ2) is 3.82. The van der Waals surface area contributed by atoms with Gasteiger partial charge in [0.15, 0.2) is 9.84 Å².